The van der Waals surface area contributed by atoms with Gasteiger partial charge in [0, 0.05) is 12.2 Å². The van der Waals surface area contributed by atoms with Crippen molar-refractivity contribution < 1.29 is 9.59 Å². The SMILES string of the molecule is Cc1cccc(NC(=S)N(CCc2ccccc2)C2CC(=O)N(c3c(Cl)cccc3Cl)C2=O)c1. The van der Waals surface area contributed by atoms with Gasteiger partial charge in [0.2, 0.25) is 5.91 Å². The minimum Gasteiger partial charge on any atom is -0.336 e. The lowest BCUT2D eigenvalue weighted by Crippen LogP contribution is -2.48. The van der Waals surface area contributed by atoms with E-state index < -0.39 is 11.9 Å². The Bertz CT molecular complexity index is 1220. The molecule has 3 aromatic rings. The topological polar surface area (TPSA) is 52.7 Å². The number of imide groups is 1. The summed E-state index contributed by atoms with van der Waals surface area (Å²) in [6, 6.07) is 21.8. The summed E-state index contributed by atoms with van der Waals surface area (Å²) in [4.78, 5) is 29.4. The van der Waals surface area contributed by atoms with E-state index in [2.05, 4.69) is 5.32 Å². The average Bonchev–Trinajstić information content (AvgIpc) is 3.08. The standard InChI is InChI=1S/C26H23Cl2N3O2S/c1-17-7-5-10-19(15-17)29-26(34)30(14-13-18-8-3-2-4-9-18)22-16-23(32)31(25(22)33)24-20(27)11-6-12-21(24)28/h2-12,15,22H,13-14,16H2,1H3,(H,29,34). The number of thiocarbonyl (C=S) groups is 1. The van der Waals surface area contributed by atoms with E-state index in [1.54, 1.807) is 23.1 Å². The number of hydrogen-bond donors (Lipinski definition) is 1. The van der Waals surface area contributed by atoms with Crippen LogP contribution in [0.3, 0.4) is 0 Å². The number of aryl methyl sites for hydroxylation is 1. The second-order valence-electron chi connectivity index (χ2n) is 8.09. The van der Waals surface area contributed by atoms with Gasteiger partial charge in [0.05, 0.1) is 22.2 Å². The number of rotatable bonds is 6. The highest BCUT2D eigenvalue weighted by atomic mass is 35.5. The van der Waals surface area contributed by atoms with Crippen LogP contribution in [0.4, 0.5) is 11.4 Å². The molecular weight excluding hydrogens is 489 g/mol. The van der Waals surface area contributed by atoms with Crippen LogP contribution in [-0.4, -0.2) is 34.4 Å². The molecule has 5 nitrogen and oxygen atoms in total. The Kier molecular flexibility index (Phi) is 7.51. The molecule has 8 heteroatoms. The maximum absolute atomic E-state index is 13.5. The van der Waals surface area contributed by atoms with E-state index in [1.165, 1.54) is 0 Å². The van der Waals surface area contributed by atoms with E-state index in [1.807, 2.05) is 61.5 Å². The molecule has 0 spiro atoms. The summed E-state index contributed by atoms with van der Waals surface area (Å²) in [5.41, 5.74) is 3.21. The molecule has 1 saturated heterocycles. The molecule has 1 fully saturated rings. The van der Waals surface area contributed by atoms with Crippen LogP contribution in [0.15, 0.2) is 72.8 Å². The maximum Gasteiger partial charge on any atom is 0.257 e. The largest absolute Gasteiger partial charge is 0.336 e. The normalized spacial score (nSPS) is 15.5. The molecule has 1 heterocycles. The molecule has 1 atom stereocenters. The highest BCUT2D eigenvalue weighted by molar-refractivity contribution is 7.80. The Hall–Kier alpha value is -2.93. The van der Waals surface area contributed by atoms with E-state index in [9.17, 15) is 9.59 Å². The van der Waals surface area contributed by atoms with Crippen molar-refractivity contribution in [3.8, 4) is 0 Å². The summed E-state index contributed by atoms with van der Waals surface area (Å²) in [7, 11) is 0. The van der Waals surface area contributed by atoms with Crippen LogP contribution in [0.5, 0.6) is 0 Å². The number of hydrogen-bond acceptors (Lipinski definition) is 3. The Labute approximate surface area is 214 Å². The molecule has 1 aliphatic heterocycles. The zero-order valence-electron chi connectivity index (χ0n) is 18.5. The van der Waals surface area contributed by atoms with Crippen molar-refractivity contribution in [3.05, 3.63) is 94.0 Å². The van der Waals surface area contributed by atoms with Crippen molar-refractivity contribution in [2.24, 2.45) is 0 Å². The predicted molar refractivity (Wildman–Crippen MR) is 142 cm³/mol. The van der Waals surface area contributed by atoms with Crippen molar-refractivity contribution in [3.63, 3.8) is 0 Å². The lowest BCUT2D eigenvalue weighted by molar-refractivity contribution is -0.122. The first-order chi connectivity index (χ1) is 16.3. The quantitative estimate of drug-likeness (QED) is 0.331. The number of nitrogens with one attached hydrogen (secondary N) is 1. The molecule has 0 aliphatic carbocycles. The van der Waals surface area contributed by atoms with Gasteiger partial charge in [-0.3, -0.25) is 9.59 Å². The number of para-hydroxylation sites is 1. The van der Waals surface area contributed by atoms with Crippen LogP contribution in [0.25, 0.3) is 0 Å². The second-order valence-corrected chi connectivity index (χ2v) is 9.29. The summed E-state index contributed by atoms with van der Waals surface area (Å²) < 4.78 is 0. The Morgan fingerprint density at radius 1 is 1.03 bits per heavy atom. The number of anilines is 2. The van der Waals surface area contributed by atoms with Gasteiger partial charge in [-0.1, -0.05) is 71.7 Å². The number of halogens is 2. The highest BCUT2D eigenvalue weighted by Crippen LogP contribution is 2.37. The van der Waals surface area contributed by atoms with Crippen LogP contribution in [-0.2, 0) is 16.0 Å². The zero-order chi connectivity index (χ0) is 24.2. The van der Waals surface area contributed by atoms with Gasteiger partial charge in [0.1, 0.15) is 6.04 Å². The van der Waals surface area contributed by atoms with Crippen LogP contribution in [0.1, 0.15) is 17.5 Å². The fraction of sp³-hybridized carbons (Fsp3) is 0.192. The smallest absolute Gasteiger partial charge is 0.257 e. The van der Waals surface area contributed by atoms with Gasteiger partial charge in [-0.25, -0.2) is 4.90 Å². The first-order valence-corrected chi connectivity index (χ1v) is 12.0. The molecule has 0 saturated carbocycles. The van der Waals surface area contributed by atoms with Gasteiger partial charge in [0.15, 0.2) is 5.11 Å². The number of amides is 2. The van der Waals surface area contributed by atoms with Gasteiger partial charge in [-0.2, -0.15) is 0 Å². The van der Waals surface area contributed by atoms with Gasteiger partial charge in [-0.05, 0) is 61.0 Å². The third-order valence-corrected chi connectivity index (χ3v) is 6.62. The van der Waals surface area contributed by atoms with Crippen molar-refractivity contribution in [2.75, 3.05) is 16.8 Å². The number of nitrogens with zero attached hydrogens (tertiary/aromatic N) is 2. The van der Waals surface area contributed by atoms with Crippen molar-refractivity contribution in [1.29, 1.82) is 0 Å². The third kappa shape index (κ3) is 5.25. The fourth-order valence-corrected chi connectivity index (χ4v) is 4.91. The number of benzene rings is 3. The molecule has 174 valence electrons. The zero-order valence-corrected chi connectivity index (χ0v) is 20.8. The minimum atomic E-state index is -0.770. The molecular formula is C26H23Cl2N3O2S. The maximum atomic E-state index is 13.5. The second kappa shape index (κ2) is 10.6. The van der Waals surface area contributed by atoms with Crippen molar-refractivity contribution in [2.45, 2.75) is 25.8 Å². The molecule has 0 radical (unpaired) electrons. The summed E-state index contributed by atoms with van der Waals surface area (Å²) in [6.07, 6.45) is 0.631. The first-order valence-electron chi connectivity index (χ1n) is 10.8. The third-order valence-electron chi connectivity index (χ3n) is 5.67. The molecule has 0 aromatic heterocycles. The molecule has 4 rings (SSSR count). The number of carbonyl (C=O) groups is 2. The first kappa shape index (κ1) is 24.2. The van der Waals surface area contributed by atoms with Gasteiger partial charge in [0.25, 0.3) is 5.91 Å². The molecule has 3 aromatic carbocycles. The molecule has 0 bridgehead atoms. The van der Waals surface area contributed by atoms with Crippen LogP contribution in [0.2, 0.25) is 10.0 Å². The summed E-state index contributed by atoms with van der Waals surface area (Å²) in [5.74, 6) is -0.769. The summed E-state index contributed by atoms with van der Waals surface area (Å²) in [6.45, 7) is 2.45. The van der Waals surface area contributed by atoms with E-state index in [0.29, 0.717) is 18.1 Å². The Morgan fingerprint density at radius 2 is 1.71 bits per heavy atom. The minimum absolute atomic E-state index is 0.0230. The lowest BCUT2D eigenvalue weighted by Gasteiger charge is -2.30. The van der Waals surface area contributed by atoms with Gasteiger partial charge < -0.3 is 10.2 Å². The summed E-state index contributed by atoms with van der Waals surface area (Å²) >= 11 is 18.4. The molecule has 1 aliphatic rings. The van der Waals surface area contributed by atoms with E-state index >= 15 is 0 Å². The molecule has 1 unspecified atom stereocenters. The van der Waals surface area contributed by atoms with Crippen LogP contribution < -0.4 is 10.2 Å². The van der Waals surface area contributed by atoms with Crippen molar-refractivity contribution in [1.82, 2.24) is 4.90 Å². The van der Waals surface area contributed by atoms with Crippen LogP contribution >= 0.6 is 35.4 Å². The van der Waals surface area contributed by atoms with Crippen molar-refractivity contribution >= 4 is 63.7 Å². The lowest BCUT2D eigenvalue weighted by atomic mass is 10.1. The molecule has 1 N–H and O–H groups in total. The van der Waals surface area contributed by atoms with Gasteiger partial charge in [-0.15, -0.1) is 0 Å². The fourth-order valence-electron chi connectivity index (χ4n) is 4.01. The average molecular weight is 512 g/mol. The summed E-state index contributed by atoms with van der Waals surface area (Å²) in [5, 5.41) is 4.09. The monoisotopic (exact) mass is 511 g/mol. The predicted octanol–water partition coefficient (Wildman–Crippen LogP) is 5.88. The molecule has 34 heavy (non-hydrogen) atoms. The Morgan fingerprint density at radius 3 is 2.38 bits per heavy atom. The van der Waals surface area contributed by atoms with E-state index in [-0.39, 0.29) is 28.1 Å². The van der Waals surface area contributed by atoms with Gasteiger partial charge >= 0.3 is 0 Å². The van der Waals surface area contributed by atoms with E-state index in [0.717, 1.165) is 21.7 Å². The van der Waals surface area contributed by atoms with Crippen LogP contribution in [0, 0.1) is 6.92 Å². The molecule has 2 amide bonds. The highest BCUT2D eigenvalue weighted by Gasteiger charge is 2.44. The van der Waals surface area contributed by atoms with E-state index in [4.69, 9.17) is 35.4 Å². The number of carbonyl (C=O) groups excluding carboxylic acids is 2. The Balaban J connectivity index is 1.63.